The Morgan fingerprint density at radius 2 is 1.88 bits per heavy atom. The van der Waals surface area contributed by atoms with Crippen LogP contribution in [-0.2, 0) is 29.0 Å². The second-order valence-electron chi connectivity index (χ2n) is 7.43. The lowest BCUT2D eigenvalue weighted by molar-refractivity contribution is -0.124. The molecule has 0 aliphatic heterocycles. The number of hydrogen-bond acceptors (Lipinski definition) is 5. The van der Waals surface area contributed by atoms with Crippen LogP contribution in [0.3, 0.4) is 0 Å². The van der Waals surface area contributed by atoms with Gasteiger partial charge in [0.2, 0.25) is 11.8 Å². The second kappa shape index (κ2) is 9.11. The lowest BCUT2D eigenvalue weighted by Gasteiger charge is -2.11. The maximum atomic E-state index is 13.6. The molecule has 1 aromatic carbocycles. The third-order valence-electron chi connectivity index (χ3n) is 5.28. The van der Waals surface area contributed by atoms with E-state index in [1.165, 1.54) is 15.8 Å². The Labute approximate surface area is 184 Å². The highest BCUT2D eigenvalue weighted by molar-refractivity contribution is 7.18. The van der Waals surface area contributed by atoms with Crippen molar-refractivity contribution >= 4 is 39.1 Å². The van der Waals surface area contributed by atoms with Crippen molar-refractivity contribution in [1.82, 2.24) is 14.9 Å². The van der Waals surface area contributed by atoms with E-state index in [9.17, 15) is 27.6 Å². The number of nitrogens with one attached hydrogen (secondary N) is 2. The third kappa shape index (κ3) is 4.38. The molecule has 0 saturated carbocycles. The standard InChI is InChI=1S/C21H19F3N4O3S/c22-12-5-6-13(19(24)18(12)23)27-16(30)9-25-15(29)7-8-28-10-26-20-17(21(28)31)11-3-1-2-4-14(11)32-20/h5-6,10H,1-4,7-9H2,(H,25,29)(H,27,30). The summed E-state index contributed by atoms with van der Waals surface area (Å²) in [5.74, 6) is -5.92. The van der Waals surface area contributed by atoms with Gasteiger partial charge in [-0.2, -0.15) is 0 Å². The molecular weight excluding hydrogens is 445 g/mol. The maximum Gasteiger partial charge on any atom is 0.262 e. The molecular formula is C21H19F3N4O3S. The first-order chi connectivity index (χ1) is 15.3. The second-order valence-corrected chi connectivity index (χ2v) is 8.52. The van der Waals surface area contributed by atoms with E-state index >= 15 is 0 Å². The van der Waals surface area contributed by atoms with E-state index in [0.717, 1.165) is 37.3 Å². The Balaban J connectivity index is 1.34. The summed E-state index contributed by atoms with van der Waals surface area (Å²) in [6.07, 6.45) is 5.28. The molecule has 0 bridgehead atoms. The highest BCUT2D eigenvalue weighted by Crippen LogP contribution is 2.33. The molecule has 2 heterocycles. The molecule has 2 N–H and O–H groups in total. The molecule has 4 rings (SSSR count). The van der Waals surface area contributed by atoms with Gasteiger partial charge in [0.05, 0.1) is 23.9 Å². The smallest absolute Gasteiger partial charge is 0.262 e. The predicted molar refractivity (Wildman–Crippen MR) is 113 cm³/mol. The van der Waals surface area contributed by atoms with Gasteiger partial charge in [0, 0.05) is 17.8 Å². The Morgan fingerprint density at radius 1 is 1.09 bits per heavy atom. The van der Waals surface area contributed by atoms with Gasteiger partial charge in [-0.3, -0.25) is 19.0 Å². The number of carbonyl (C=O) groups excluding carboxylic acids is 2. The molecule has 0 atom stereocenters. The van der Waals surface area contributed by atoms with Crippen LogP contribution in [0.2, 0.25) is 0 Å². The molecule has 2 aromatic heterocycles. The van der Waals surface area contributed by atoms with E-state index in [2.05, 4.69) is 15.6 Å². The summed E-state index contributed by atoms with van der Waals surface area (Å²) in [5, 5.41) is 5.03. The summed E-state index contributed by atoms with van der Waals surface area (Å²) in [6.45, 7) is -0.418. The number of rotatable bonds is 6. The number of halogens is 3. The fourth-order valence-corrected chi connectivity index (χ4v) is 4.87. The first-order valence-electron chi connectivity index (χ1n) is 10.0. The number of carbonyl (C=O) groups is 2. The Kier molecular flexibility index (Phi) is 6.26. The third-order valence-corrected chi connectivity index (χ3v) is 6.48. The molecule has 0 unspecified atom stereocenters. The summed E-state index contributed by atoms with van der Waals surface area (Å²) >= 11 is 1.54. The van der Waals surface area contributed by atoms with Crippen molar-refractivity contribution in [1.29, 1.82) is 0 Å². The number of benzene rings is 1. The van der Waals surface area contributed by atoms with Gasteiger partial charge in [-0.25, -0.2) is 18.2 Å². The molecule has 168 valence electrons. The summed E-state index contributed by atoms with van der Waals surface area (Å²) in [7, 11) is 0. The number of fused-ring (bicyclic) bond motifs is 3. The van der Waals surface area contributed by atoms with Gasteiger partial charge in [-0.15, -0.1) is 11.3 Å². The van der Waals surface area contributed by atoms with E-state index in [1.54, 1.807) is 11.3 Å². The van der Waals surface area contributed by atoms with E-state index < -0.39 is 41.5 Å². The zero-order chi connectivity index (χ0) is 22.8. The topological polar surface area (TPSA) is 93.1 Å². The van der Waals surface area contributed by atoms with Crippen molar-refractivity contribution in [2.45, 2.75) is 38.6 Å². The van der Waals surface area contributed by atoms with Crippen LogP contribution < -0.4 is 16.2 Å². The molecule has 3 aromatic rings. The zero-order valence-corrected chi connectivity index (χ0v) is 17.7. The summed E-state index contributed by atoms with van der Waals surface area (Å²) < 4.78 is 41.1. The van der Waals surface area contributed by atoms with Crippen LogP contribution in [0.25, 0.3) is 10.2 Å². The zero-order valence-electron chi connectivity index (χ0n) is 16.8. The van der Waals surface area contributed by atoms with Crippen molar-refractivity contribution in [2.75, 3.05) is 11.9 Å². The normalized spacial score (nSPS) is 13.1. The number of anilines is 1. The minimum absolute atomic E-state index is 0.0771. The van der Waals surface area contributed by atoms with Gasteiger partial charge < -0.3 is 10.6 Å². The van der Waals surface area contributed by atoms with E-state index in [1.807, 2.05) is 0 Å². The highest BCUT2D eigenvalue weighted by Gasteiger charge is 2.20. The summed E-state index contributed by atoms with van der Waals surface area (Å²) in [6, 6.07) is 1.56. The van der Waals surface area contributed by atoms with Gasteiger partial charge in [0.15, 0.2) is 17.5 Å². The lowest BCUT2D eigenvalue weighted by atomic mass is 9.97. The van der Waals surface area contributed by atoms with Gasteiger partial charge >= 0.3 is 0 Å². The quantitative estimate of drug-likeness (QED) is 0.549. The molecule has 0 spiro atoms. The van der Waals surface area contributed by atoms with Gasteiger partial charge in [-0.1, -0.05) is 0 Å². The number of aromatic nitrogens is 2. The van der Waals surface area contributed by atoms with Gasteiger partial charge in [0.1, 0.15) is 4.83 Å². The van der Waals surface area contributed by atoms with Crippen LogP contribution in [-0.4, -0.2) is 27.9 Å². The first-order valence-corrected chi connectivity index (χ1v) is 10.9. The average Bonchev–Trinajstić information content (AvgIpc) is 3.17. The van der Waals surface area contributed by atoms with Crippen LogP contribution >= 0.6 is 11.3 Å². The average molecular weight is 464 g/mol. The van der Waals surface area contributed by atoms with Gasteiger partial charge in [0.25, 0.3) is 5.56 Å². The predicted octanol–water partition coefficient (Wildman–Crippen LogP) is 2.90. The number of aryl methyl sites for hydroxylation is 3. The molecule has 7 nitrogen and oxygen atoms in total. The largest absolute Gasteiger partial charge is 0.347 e. The van der Waals surface area contributed by atoms with E-state index in [-0.39, 0.29) is 18.5 Å². The van der Waals surface area contributed by atoms with Crippen LogP contribution in [0, 0.1) is 17.5 Å². The highest BCUT2D eigenvalue weighted by atomic mass is 32.1. The minimum Gasteiger partial charge on any atom is -0.347 e. The van der Waals surface area contributed by atoms with Crippen molar-refractivity contribution in [2.24, 2.45) is 0 Å². The number of thiophene rings is 1. The molecule has 1 aliphatic rings. The first kappa shape index (κ1) is 22.0. The van der Waals surface area contributed by atoms with Crippen LogP contribution in [0.5, 0.6) is 0 Å². The summed E-state index contributed by atoms with van der Waals surface area (Å²) in [5.41, 5.74) is 0.343. The molecule has 0 radical (unpaired) electrons. The molecule has 1 aliphatic carbocycles. The molecule has 0 saturated heterocycles. The molecule has 32 heavy (non-hydrogen) atoms. The minimum atomic E-state index is -1.70. The lowest BCUT2D eigenvalue weighted by Crippen LogP contribution is -2.34. The Morgan fingerprint density at radius 3 is 2.69 bits per heavy atom. The maximum absolute atomic E-state index is 13.6. The van der Waals surface area contributed by atoms with Crippen molar-refractivity contribution in [3.05, 3.63) is 56.7 Å². The Hall–Kier alpha value is -3.21. The molecule has 11 heteroatoms. The van der Waals surface area contributed by atoms with Crippen molar-refractivity contribution in [3.8, 4) is 0 Å². The van der Waals surface area contributed by atoms with Crippen molar-refractivity contribution in [3.63, 3.8) is 0 Å². The molecule has 0 fully saturated rings. The number of nitrogens with zero attached hydrogens (tertiary/aromatic N) is 2. The van der Waals surface area contributed by atoms with E-state index in [4.69, 9.17) is 0 Å². The van der Waals surface area contributed by atoms with Crippen LogP contribution in [0.15, 0.2) is 23.3 Å². The van der Waals surface area contributed by atoms with Crippen LogP contribution in [0.4, 0.5) is 18.9 Å². The molecule has 2 amide bonds. The fraction of sp³-hybridized carbons (Fsp3) is 0.333. The Bertz CT molecular complexity index is 1270. The summed E-state index contributed by atoms with van der Waals surface area (Å²) in [4.78, 5) is 43.1. The van der Waals surface area contributed by atoms with Crippen molar-refractivity contribution < 1.29 is 22.8 Å². The fourth-order valence-electron chi connectivity index (χ4n) is 3.65. The number of amides is 2. The van der Waals surface area contributed by atoms with E-state index in [0.29, 0.717) is 16.3 Å². The monoisotopic (exact) mass is 464 g/mol. The SMILES string of the molecule is O=C(CCn1cnc2sc3c(c2c1=O)CCCC3)NCC(=O)Nc1ccc(F)c(F)c1F. The van der Waals surface area contributed by atoms with Crippen LogP contribution in [0.1, 0.15) is 29.7 Å². The van der Waals surface area contributed by atoms with Gasteiger partial charge in [-0.05, 0) is 43.4 Å². The number of hydrogen-bond donors (Lipinski definition) is 2.